The summed E-state index contributed by atoms with van der Waals surface area (Å²) >= 11 is 0. The van der Waals surface area contributed by atoms with E-state index in [0.29, 0.717) is 11.6 Å². The van der Waals surface area contributed by atoms with Gasteiger partial charge in [-0.3, -0.25) is 0 Å². The molecule has 1 rings (SSSR count). The molecule has 0 fully saturated rings. The van der Waals surface area contributed by atoms with E-state index in [-0.39, 0.29) is 6.61 Å². The van der Waals surface area contributed by atoms with E-state index in [9.17, 15) is 0 Å². The van der Waals surface area contributed by atoms with Crippen LogP contribution in [0.1, 0.15) is 5.82 Å². The minimum Gasteiger partial charge on any atom is -0.388 e. The van der Waals surface area contributed by atoms with Crippen molar-refractivity contribution in [3.05, 3.63) is 18.1 Å². The van der Waals surface area contributed by atoms with E-state index in [1.807, 2.05) is 0 Å². The summed E-state index contributed by atoms with van der Waals surface area (Å²) < 4.78 is 0. The highest BCUT2D eigenvalue weighted by Crippen LogP contribution is 1.94. The second-order valence-electron chi connectivity index (χ2n) is 1.56. The van der Waals surface area contributed by atoms with Gasteiger partial charge in [-0.05, 0) is 6.07 Å². The third-order valence-electron chi connectivity index (χ3n) is 0.868. The number of nitrogens with two attached hydrogens (primary N) is 1. The molecule has 0 saturated heterocycles. The summed E-state index contributed by atoms with van der Waals surface area (Å²) in [4.78, 5) is 7.43. The van der Waals surface area contributed by atoms with Crippen molar-refractivity contribution in [1.82, 2.24) is 9.97 Å². The van der Waals surface area contributed by atoms with Crippen LogP contribution in [0.25, 0.3) is 0 Å². The van der Waals surface area contributed by atoms with E-state index in [2.05, 4.69) is 9.97 Å². The van der Waals surface area contributed by atoms with Crippen LogP contribution < -0.4 is 5.73 Å². The van der Waals surface area contributed by atoms with Crippen LogP contribution in [0.15, 0.2) is 12.3 Å². The van der Waals surface area contributed by atoms with Crippen molar-refractivity contribution < 1.29 is 5.11 Å². The summed E-state index contributed by atoms with van der Waals surface area (Å²) in [5.74, 6) is 0.740. The van der Waals surface area contributed by atoms with E-state index in [0.717, 1.165) is 0 Å². The van der Waals surface area contributed by atoms with E-state index in [1.165, 1.54) is 6.20 Å². The lowest BCUT2D eigenvalue weighted by molar-refractivity contribution is 0.271. The Balaban J connectivity index is 2.94. The molecule has 3 N–H and O–H groups in total. The molecule has 0 atom stereocenters. The van der Waals surface area contributed by atoms with Crippen molar-refractivity contribution in [2.45, 2.75) is 6.61 Å². The molecule has 1 aromatic rings. The lowest BCUT2D eigenvalue weighted by atomic mass is 10.5. The lowest BCUT2D eigenvalue weighted by Gasteiger charge is -1.92. The smallest absolute Gasteiger partial charge is 0.156 e. The molecule has 0 aromatic carbocycles. The molecule has 0 bridgehead atoms. The zero-order chi connectivity index (χ0) is 6.69. The topological polar surface area (TPSA) is 72.0 Å². The van der Waals surface area contributed by atoms with Gasteiger partial charge in [-0.25, -0.2) is 9.97 Å². The molecule has 0 aliphatic rings. The highest BCUT2D eigenvalue weighted by Gasteiger charge is 1.90. The van der Waals surface area contributed by atoms with Crippen LogP contribution in [0.2, 0.25) is 0 Å². The maximum absolute atomic E-state index is 8.48. The van der Waals surface area contributed by atoms with Gasteiger partial charge in [0.2, 0.25) is 0 Å². The van der Waals surface area contributed by atoms with Gasteiger partial charge in [-0.1, -0.05) is 0 Å². The molecule has 9 heavy (non-hydrogen) atoms. The Bertz CT molecular complexity index is 201. The van der Waals surface area contributed by atoms with Crippen LogP contribution in [0, 0.1) is 0 Å². The van der Waals surface area contributed by atoms with Gasteiger partial charge in [0.1, 0.15) is 12.4 Å². The van der Waals surface area contributed by atoms with Gasteiger partial charge in [-0.15, -0.1) is 0 Å². The van der Waals surface area contributed by atoms with Crippen molar-refractivity contribution in [1.29, 1.82) is 0 Å². The maximum atomic E-state index is 8.48. The van der Waals surface area contributed by atoms with Gasteiger partial charge in [-0.2, -0.15) is 0 Å². The van der Waals surface area contributed by atoms with Gasteiger partial charge >= 0.3 is 0 Å². The Hall–Kier alpha value is -1.16. The Labute approximate surface area is 52.4 Å². The summed E-state index contributed by atoms with van der Waals surface area (Å²) in [6, 6.07) is 1.57. The van der Waals surface area contributed by atoms with Crippen LogP contribution in [-0.2, 0) is 6.61 Å². The molecule has 1 heterocycles. The van der Waals surface area contributed by atoms with Crippen LogP contribution >= 0.6 is 0 Å². The standard InChI is InChI=1S/C5H7N3O/c6-4-1-2-7-5(3-9)8-4/h1-2,9H,3H2,(H2,6,7,8). The Morgan fingerprint density at radius 1 is 1.67 bits per heavy atom. The maximum Gasteiger partial charge on any atom is 0.156 e. The molecule has 0 saturated carbocycles. The average molecular weight is 125 g/mol. The number of aliphatic hydroxyl groups excluding tert-OH is 1. The van der Waals surface area contributed by atoms with Gasteiger partial charge in [0.25, 0.3) is 0 Å². The van der Waals surface area contributed by atoms with Crippen LogP contribution in [0.3, 0.4) is 0 Å². The van der Waals surface area contributed by atoms with E-state index in [1.54, 1.807) is 6.07 Å². The van der Waals surface area contributed by atoms with E-state index in [4.69, 9.17) is 10.8 Å². The average Bonchev–Trinajstić information content (AvgIpc) is 1.88. The third-order valence-corrected chi connectivity index (χ3v) is 0.868. The van der Waals surface area contributed by atoms with Gasteiger partial charge in [0, 0.05) is 6.20 Å². The number of rotatable bonds is 1. The molecular weight excluding hydrogens is 118 g/mol. The first-order valence-corrected chi connectivity index (χ1v) is 2.51. The zero-order valence-corrected chi connectivity index (χ0v) is 4.78. The number of aliphatic hydroxyl groups is 1. The number of anilines is 1. The first-order valence-electron chi connectivity index (χ1n) is 2.51. The van der Waals surface area contributed by atoms with Crippen LogP contribution in [0.4, 0.5) is 5.82 Å². The van der Waals surface area contributed by atoms with E-state index < -0.39 is 0 Å². The van der Waals surface area contributed by atoms with Crippen LogP contribution in [0.5, 0.6) is 0 Å². The predicted molar refractivity (Wildman–Crippen MR) is 32.4 cm³/mol. The largest absolute Gasteiger partial charge is 0.388 e. The summed E-state index contributed by atoms with van der Waals surface area (Å²) in [5.41, 5.74) is 5.27. The van der Waals surface area contributed by atoms with Gasteiger partial charge in [0.05, 0.1) is 0 Å². The minimum absolute atomic E-state index is 0.162. The molecule has 0 amide bonds. The quantitative estimate of drug-likeness (QED) is 0.533. The lowest BCUT2D eigenvalue weighted by Crippen LogP contribution is -1.97. The highest BCUT2D eigenvalue weighted by atomic mass is 16.3. The second-order valence-corrected chi connectivity index (χ2v) is 1.56. The molecule has 0 unspecified atom stereocenters. The second kappa shape index (κ2) is 2.41. The predicted octanol–water partition coefficient (Wildman–Crippen LogP) is -0.449. The molecule has 4 heteroatoms. The number of aromatic nitrogens is 2. The summed E-state index contributed by atoms with van der Waals surface area (Å²) in [6.45, 7) is -0.162. The summed E-state index contributed by atoms with van der Waals surface area (Å²) in [7, 11) is 0. The van der Waals surface area contributed by atoms with Crippen molar-refractivity contribution in [2.24, 2.45) is 0 Å². The Kier molecular flexibility index (Phi) is 1.60. The van der Waals surface area contributed by atoms with E-state index >= 15 is 0 Å². The fraction of sp³-hybridized carbons (Fsp3) is 0.200. The number of hydrogen-bond donors (Lipinski definition) is 2. The van der Waals surface area contributed by atoms with Crippen LogP contribution in [-0.4, -0.2) is 15.1 Å². The first kappa shape index (κ1) is 5.97. The van der Waals surface area contributed by atoms with Gasteiger partial charge < -0.3 is 10.8 Å². The number of nitrogens with zero attached hydrogens (tertiary/aromatic N) is 2. The SMILES string of the molecule is Nc1ccnc(CO)n1. The normalized spacial score (nSPS) is 9.44. The molecule has 0 spiro atoms. The fourth-order valence-electron chi connectivity index (χ4n) is 0.491. The van der Waals surface area contributed by atoms with Crippen molar-refractivity contribution in [3.8, 4) is 0 Å². The molecule has 4 nitrogen and oxygen atoms in total. The van der Waals surface area contributed by atoms with Crippen molar-refractivity contribution in [2.75, 3.05) is 5.73 Å². The molecule has 0 aliphatic heterocycles. The third kappa shape index (κ3) is 1.36. The Morgan fingerprint density at radius 3 is 2.89 bits per heavy atom. The minimum atomic E-state index is -0.162. The first-order chi connectivity index (χ1) is 4.33. The molecular formula is C5H7N3O. The van der Waals surface area contributed by atoms with Gasteiger partial charge in [0.15, 0.2) is 5.82 Å². The summed E-state index contributed by atoms with van der Waals surface area (Å²) in [6.07, 6.45) is 1.51. The number of nitrogen functional groups attached to an aromatic ring is 1. The van der Waals surface area contributed by atoms with Crippen molar-refractivity contribution >= 4 is 5.82 Å². The monoisotopic (exact) mass is 125 g/mol. The van der Waals surface area contributed by atoms with Crippen molar-refractivity contribution in [3.63, 3.8) is 0 Å². The molecule has 48 valence electrons. The molecule has 0 aliphatic carbocycles. The Morgan fingerprint density at radius 2 is 2.44 bits per heavy atom. The molecule has 0 radical (unpaired) electrons. The zero-order valence-electron chi connectivity index (χ0n) is 4.78. The number of hydrogen-bond acceptors (Lipinski definition) is 4. The molecule has 1 aromatic heterocycles. The summed E-state index contributed by atoms with van der Waals surface area (Å²) in [5, 5.41) is 8.48. The highest BCUT2D eigenvalue weighted by molar-refractivity contribution is 5.24. The fourth-order valence-corrected chi connectivity index (χ4v) is 0.491.